The molecule has 79 heavy (non-hydrogen) atoms. The molecule has 6 heteroatoms. The molecule has 1 N–H and O–H groups in total. The highest BCUT2D eigenvalue weighted by Crippen LogP contribution is 2.49. The van der Waals surface area contributed by atoms with Crippen molar-refractivity contribution in [2.75, 3.05) is 10.2 Å². The number of para-hydroxylation sites is 6. The van der Waals surface area contributed by atoms with Gasteiger partial charge in [-0.05, 0) is 102 Å². The summed E-state index contributed by atoms with van der Waals surface area (Å²) in [4.78, 5) is 2.38. The fourth-order valence-electron chi connectivity index (χ4n) is 13.6. The molecule has 0 spiro atoms. The van der Waals surface area contributed by atoms with Gasteiger partial charge in [-0.1, -0.05) is 170 Å². The van der Waals surface area contributed by atoms with Crippen molar-refractivity contribution in [3.8, 4) is 22.3 Å². The molecule has 18 rings (SSSR count). The van der Waals surface area contributed by atoms with Gasteiger partial charge in [0.05, 0.1) is 44.5 Å². The monoisotopic (exact) mass is 1010 g/mol. The van der Waals surface area contributed by atoms with Gasteiger partial charge in [-0.25, -0.2) is 0 Å². The van der Waals surface area contributed by atoms with Crippen LogP contribution >= 0.6 is 0 Å². The lowest BCUT2D eigenvalue weighted by Crippen LogP contribution is -2.11. The number of furan rings is 2. The highest BCUT2D eigenvalue weighted by Gasteiger charge is 2.26. The minimum Gasteiger partial charge on any atom is -0.454 e. The van der Waals surface area contributed by atoms with Crippen LogP contribution in [0, 0.1) is 6.92 Å². The van der Waals surface area contributed by atoms with Crippen molar-refractivity contribution in [3.63, 3.8) is 0 Å². The van der Waals surface area contributed by atoms with Gasteiger partial charge in [0.2, 0.25) is 0 Å². The number of nitrogens with zero attached hydrogens (tertiary/aromatic N) is 3. The number of hydrogen-bond acceptors (Lipinski definition) is 4. The van der Waals surface area contributed by atoms with E-state index >= 15 is 0 Å². The summed E-state index contributed by atoms with van der Waals surface area (Å²) >= 11 is 0. The second-order valence-corrected chi connectivity index (χ2v) is 21.3. The van der Waals surface area contributed by atoms with E-state index in [4.69, 9.17) is 8.83 Å². The summed E-state index contributed by atoms with van der Waals surface area (Å²) < 4.78 is 18.4. The van der Waals surface area contributed by atoms with Gasteiger partial charge in [-0.2, -0.15) is 0 Å². The van der Waals surface area contributed by atoms with Crippen molar-refractivity contribution >= 4 is 149 Å². The lowest BCUT2D eigenvalue weighted by atomic mass is 9.97. The van der Waals surface area contributed by atoms with Crippen LogP contribution in [0.5, 0.6) is 0 Å². The number of hydrogen-bond donors (Lipinski definition) is 1. The van der Waals surface area contributed by atoms with Gasteiger partial charge in [0.15, 0.2) is 11.2 Å². The Hall–Kier alpha value is -10.6. The third-order valence-electron chi connectivity index (χ3n) is 17.1. The number of aromatic nitrogens is 2. The average Bonchev–Trinajstić information content (AvgIpc) is 3.27. The number of benzene rings is 12. The molecule has 0 fully saturated rings. The average molecular weight is 1010 g/mol. The van der Waals surface area contributed by atoms with Crippen LogP contribution in [0.25, 0.3) is 142 Å². The molecule has 0 atom stereocenters. The van der Waals surface area contributed by atoms with Crippen LogP contribution in [-0.4, -0.2) is 8.80 Å². The lowest BCUT2D eigenvalue weighted by Gasteiger charge is -2.27. The Morgan fingerprint density at radius 2 is 0.835 bits per heavy atom. The fourth-order valence-corrected chi connectivity index (χ4v) is 13.6. The van der Waals surface area contributed by atoms with E-state index in [9.17, 15) is 0 Å². The zero-order valence-corrected chi connectivity index (χ0v) is 42.8. The van der Waals surface area contributed by atoms with Gasteiger partial charge in [0.25, 0.3) is 0 Å². The Bertz CT molecular complexity index is 5530. The van der Waals surface area contributed by atoms with Crippen LogP contribution in [0.2, 0.25) is 0 Å². The summed E-state index contributed by atoms with van der Waals surface area (Å²) in [7, 11) is 0. The maximum atomic E-state index is 6.77. The summed E-state index contributed by atoms with van der Waals surface area (Å²) in [5, 5.41) is 18.2. The van der Waals surface area contributed by atoms with Crippen molar-refractivity contribution < 1.29 is 8.83 Å². The highest BCUT2D eigenvalue weighted by molar-refractivity contribution is 6.29. The molecule has 0 aliphatic rings. The largest absolute Gasteiger partial charge is 0.454 e. The summed E-state index contributed by atoms with van der Waals surface area (Å²) in [5.74, 6) is 0. The maximum Gasteiger partial charge on any atom is 0.159 e. The minimum absolute atomic E-state index is 0.850. The molecule has 12 aromatic carbocycles. The summed E-state index contributed by atoms with van der Waals surface area (Å²) in [6, 6.07) is 88.1. The van der Waals surface area contributed by atoms with Gasteiger partial charge in [-0.3, -0.25) is 0 Å². The predicted molar refractivity (Wildman–Crippen MR) is 330 cm³/mol. The van der Waals surface area contributed by atoms with Crippen molar-refractivity contribution in [1.29, 1.82) is 0 Å². The zero-order valence-electron chi connectivity index (χ0n) is 42.8. The first-order valence-corrected chi connectivity index (χ1v) is 27.1. The van der Waals surface area contributed by atoms with E-state index in [2.05, 4.69) is 244 Å². The summed E-state index contributed by atoms with van der Waals surface area (Å²) in [6.07, 6.45) is 0. The van der Waals surface area contributed by atoms with Crippen LogP contribution in [0.1, 0.15) is 5.56 Å². The Labute approximate surface area is 451 Å². The second-order valence-electron chi connectivity index (χ2n) is 21.3. The predicted octanol–water partition coefficient (Wildman–Crippen LogP) is 20.6. The maximum absolute atomic E-state index is 6.77. The highest BCUT2D eigenvalue weighted by atomic mass is 16.3. The van der Waals surface area contributed by atoms with Gasteiger partial charge in [-0.15, -0.1) is 0 Å². The third kappa shape index (κ3) is 5.89. The fraction of sp³-hybridized carbons (Fsp3) is 0.0137. The first-order chi connectivity index (χ1) is 39.1. The molecule has 0 radical (unpaired) electrons. The lowest BCUT2D eigenvalue weighted by molar-refractivity contribution is 0.668. The van der Waals surface area contributed by atoms with E-state index in [0.717, 1.165) is 94.6 Å². The topological polar surface area (TPSA) is 50.4 Å². The van der Waals surface area contributed by atoms with Gasteiger partial charge in [0.1, 0.15) is 11.2 Å². The van der Waals surface area contributed by atoms with Crippen molar-refractivity contribution in [1.82, 2.24) is 8.80 Å². The molecular formula is C73H44N4O2. The second kappa shape index (κ2) is 15.8. The number of fused-ring (bicyclic) bond motifs is 18. The molecule has 0 amide bonds. The first-order valence-electron chi connectivity index (χ1n) is 27.1. The molecule has 0 unspecified atom stereocenters. The zero-order chi connectivity index (χ0) is 51.6. The molecule has 0 saturated heterocycles. The van der Waals surface area contributed by atoms with Crippen LogP contribution < -0.4 is 10.2 Å². The quantitative estimate of drug-likeness (QED) is 0.173. The molecule has 6 heterocycles. The molecule has 368 valence electrons. The number of rotatable bonds is 7. The molecule has 0 aliphatic heterocycles. The van der Waals surface area contributed by atoms with Gasteiger partial charge < -0.3 is 27.9 Å². The molecule has 0 bridgehead atoms. The molecule has 0 saturated carbocycles. The number of aryl methyl sites for hydroxylation is 1. The van der Waals surface area contributed by atoms with Crippen LogP contribution in [0.3, 0.4) is 0 Å². The minimum atomic E-state index is 0.850. The van der Waals surface area contributed by atoms with Gasteiger partial charge >= 0.3 is 0 Å². The van der Waals surface area contributed by atoms with Crippen LogP contribution in [0.4, 0.5) is 28.4 Å². The van der Waals surface area contributed by atoms with Crippen molar-refractivity contribution in [2.24, 2.45) is 0 Å². The molecular weight excluding hydrogens is 965 g/mol. The molecule has 0 aliphatic carbocycles. The van der Waals surface area contributed by atoms with E-state index in [-0.39, 0.29) is 0 Å². The Kier molecular flexibility index (Phi) is 8.51. The van der Waals surface area contributed by atoms with E-state index in [0.29, 0.717) is 0 Å². The smallest absolute Gasteiger partial charge is 0.159 e. The Balaban J connectivity index is 0.800. The number of anilines is 5. The first kappa shape index (κ1) is 42.6. The van der Waals surface area contributed by atoms with E-state index in [1.165, 1.54) is 81.8 Å². The molecule has 6 nitrogen and oxygen atoms in total. The van der Waals surface area contributed by atoms with E-state index < -0.39 is 0 Å². The standard InChI is InChI=1S/C73H44N4O2/c1-42-26-33-59-53-19-9-11-25-67(53)79-73(59)69(42)75(47-16-6-3-7-17-47)48-32-35-51-55-21-13-23-57-61-40-64-60(41-65(61)77(71(55)57)63(51)39-48)56-22-12-20-54-50-34-31-45(38-62(50)76(64)70(54)56)43-27-29-44(30-28-43)49-36-37-58-52-18-8-10-24-66(52)78-72(58)68(49)74-46-14-4-2-5-15-46/h2-41,74H,1H3. The third-order valence-corrected chi connectivity index (χ3v) is 17.1. The Morgan fingerprint density at radius 1 is 0.342 bits per heavy atom. The normalized spacial score (nSPS) is 12.4. The SMILES string of the molecule is Cc1ccc2c(oc3ccccc32)c1N(c1ccccc1)c1ccc2c3cccc4c5cc6c(cc5n(c2c1)c34)c1cccc2c3ccc(-c4ccc(-c5ccc7c(oc8ccccc87)c5Nc5ccccc5)cc4)cc3n6c21. The van der Waals surface area contributed by atoms with Gasteiger partial charge in [0, 0.05) is 87.3 Å². The van der Waals surface area contributed by atoms with Crippen LogP contribution in [0.15, 0.2) is 251 Å². The molecule has 6 aromatic heterocycles. The van der Waals surface area contributed by atoms with Crippen molar-refractivity contribution in [3.05, 3.63) is 248 Å². The van der Waals surface area contributed by atoms with E-state index in [1.54, 1.807) is 0 Å². The van der Waals surface area contributed by atoms with Crippen molar-refractivity contribution in [2.45, 2.75) is 6.92 Å². The molecule has 18 aromatic rings. The summed E-state index contributed by atoms with van der Waals surface area (Å²) in [5.41, 5.74) is 21.6. The van der Waals surface area contributed by atoms with Crippen LogP contribution in [-0.2, 0) is 0 Å². The summed E-state index contributed by atoms with van der Waals surface area (Å²) in [6.45, 7) is 2.19. The Morgan fingerprint density at radius 3 is 1.51 bits per heavy atom. The van der Waals surface area contributed by atoms with E-state index in [1.807, 2.05) is 24.3 Å². The number of nitrogens with one attached hydrogen (secondary N) is 1.